The second-order valence-electron chi connectivity index (χ2n) is 6.41. The van der Waals surface area contributed by atoms with Crippen molar-refractivity contribution in [2.45, 2.75) is 13.8 Å². The van der Waals surface area contributed by atoms with E-state index in [4.69, 9.17) is 20.8 Å². The van der Waals surface area contributed by atoms with Gasteiger partial charge in [-0.15, -0.1) is 0 Å². The molecule has 0 aliphatic carbocycles. The van der Waals surface area contributed by atoms with Gasteiger partial charge in [0.2, 0.25) is 5.89 Å². The minimum absolute atomic E-state index is 0.269. The second kappa shape index (κ2) is 7.93. The summed E-state index contributed by atoms with van der Waals surface area (Å²) in [5.74, 6) is 0.723. The average molecular weight is 408 g/mol. The molecule has 0 bridgehead atoms. The molecule has 4 aromatic rings. The van der Waals surface area contributed by atoms with Gasteiger partial charge in [0.15, 0.2) is 11.2 Å². The molecule has 6 nitrogen and oxygen atoms in total. The Hall–Kier alpha value is -3.38. The van der Waals surface area contributed by atoms with E-state index in [1.807, 2.05) is 38.1 Å². The summed E-state index contributed by atoms with van der Waals surface area (Å²) < 4.78 is 11.2. The average Bonchev–Trinajstić information content (AvgIpc) is 3.15. The van der Waals surface area contributed by atoms with Crippen LogP contribution in [0.2, 0.25) is 5.02 Å². The summed E-state index contributed by atoms with van der Waals surface area (Å²) in [6.07, 6.45) is 1.66. The molecule has 2 heterocycles. The standard InChI is InChI=1S/C22H18ClN3O3/c1-3-28-18-9-8-14(11-16(18)23)21(27)25-17-12-15(7-6-13(17)2)22-26-20-19(29-22)5-4-10-24-20/h4-12H,3H2,1-2H3,(H,25,27). The molecule has 1 amide bonds. The van der Waals surface area contributed by atoms with Gasteiger partial charge in [-0.1, -0.05) is 17.7 Å². The Morgan fingerprint density at radius 3 is 2.83 bits per heavy atom. The fourth-order valence-corrected chi connectivity index (χ4v) is 3.13. The van der Waals surface area contributed by atoms with Crippen molar-refractivity contribution in [2.24, 2.45) is 0 Å². The molecular weight excluding hydrogens is 390 g/mol. The normalized spacial score (nSPS) is 10.9. The zero-order chi connectivity index (χ0) is 20.4. The summed E-state index contributed by atoms with van der Waals surface area (Å²) in [5, 5.41) is 3.32. The lowest BCUT2D eigenvalue weighted by Gasteiger charge is -2.11. The minimum Gasteiger partial charge on any atom is -0.492 e. The van der Waals surface area contributed by atoms with Gasteiger partial charge < -0.3 is 14.5 Å². The molecule has 1 N–H and O–H groups in total. The largest absolute Gasteiger partial charge is 0.492 e. The molecule has 0 spiro atoms. The van der Waals surface area contributed by atoms with Crippen LogP contribution in [-0.4, -0.2) is 22.5 Å². The third-order valence-corrected chi connectivity index (χ3v) is 4.69. The highest BCUT2D eigenvalue weighted by Gasteiger charge is 2.14. The maximum absolute atomic E-state index is 12.7. The number of ether oxygens (including phenoxy) is 1. The molecule has 29 heavy (non-hydrogen) atoms. The number of aryl methyl sites for hydroxylation is 1. The number of oxazole rings is 1. The summed E-state index contributed by atoms with van der Waals surface area (Å²) in [4.78, 5) is 21.3. The number of rotatable bonds is 5. The van der Waals surface area contributed by atoms with Crippen LogP contribution in [0.5, 0.6) is 5.75 Å². The van der Waals surface area contributed by atoms with Crippen LogP contribution < -0.4 is 10.1 Å². The Labute approximate surface area is 172 Å². The van der Waals surface area contributed by atoms with Crippen LogP contribution in [0.4, 0.5) is 5.69 Å². The predicted octanol–water partition coefficient (Wildman–Crippen LogP) is 5.50. The quantitative estimate of drug-likeness (QED) is 0.472. The van der Waals surface area contributed by atoms with Gasteiger partial charge in [-0.3, -0.25) is 4.79 Å². The summed E-state index contributed by atoms with van der Waals surface area (Å²) in [6.45, 7) is 4.29. The van der Waals surface area contributed by atoms with Crippen LogP contribution in [0.15, 0.2) is 59.1 Å². The van der Waals surface area contributed by atoms with Gasteiger partial charge in [0.25, 0.3) is 5.91 Å². The van der Waals surface area contributed by atoms with Crippen LogP contribution in [-0.2, 0) is 0 Å². The predicted molar refractivity (Wildman–Crippen MR) is 113 cm³/mol. The third-order valence-electron chi connectivity index (χ3n) is 4.39. The van der Waals surface area contributed by atoms with Gasteiger partial charge >= 0.3 is 0 Å². The smallest absolute Gasteiger partial charge is 0.255 e. The van der Waals surface area contributed by atoms with Crippen molar-refractivity contribution in [1.29, 1.82) is 0 Å². The first-order valence-electron chi connectivity index (χ1n) is 9.11. The molecule has 7 heteroatoms. The number of carbonyl (C=O) groups is 1. The summed E-state index contributed by atoms with van der Waals surface area (Å²) >= 11 is 6.20. The fourth-order valence-electron chi connectivity index (χ4n) is 2.89. The van der Waals surface area contributed by atoms with Crippen molar-refractivity contribution in [3.05, 3.63) is 70.9 Å². The summed E-state index contributed by atoms with van der Waals surface area (Å²) in [5.41, 5.74) is 3.90. The number of anilines is 1. The Kier molecular flexibility index (Phi) is 5.18. The fraction of sp³-hybridized carbons (Fsp3) is 0.136. The van der Waals surface area contributed by atoms with Gasteiger partial charge in [-0.05, 0) is 61.9 Å². The molecule has 146 valence electrons. The summed E-state index contributed by atoms with van der Waals surface area (Å²) in [7, 11) is 0. The van der Waals surface area contributed by atoms with E-state index >= 15 is 0 Å². The lowest BCUT2D eigenvalue weighted by atomic mass is 10.1. The first kappa shape index (κ1) is 19.0. The van der Waals surface area contributed by atoms with Crippen LogP contribution in [0, 0.1) is 6.92 Å². The Morgan fingerprint density at radius 2 is 2.07 bits per heavy atom. The first-order chi connectivity index (χ1) is 14.0. The van der Waals surface area contributed by atoms with Crippen molar-refractivity contribution in [3.63, 3.8) is 0 Å². The van der Waals surface area contributed by atoms with Crippen molar-refractivity contribution < 1.29 is 13.9 Å². The number of fused-ring (bicyclic) bond motifs is 1. The van der Waals surface area contributed by atoms with Crippen molar-refractivity contribution in [2.75, 3.05) is 11.9 Å². The van der Waals surface area contributed by atoms with E-state index in [-0.39, 0.29) is 5.91 Å². The van der Waals surface area contributed by atoms with Gasteiger partial charge in [-0.25, -0.2) is 4.98 Å². The highest BCUT2D eigenvalue weighted by Crippen LogP contribution is 2.29. The highest BCUT2D eigenvalue weighted by atomic mass is 35.5. The highest BCUT2D eigenvalue weighted by molar-refractivity contribution is 6.32. The second-order valence-corrected chi connectivity index (χ2v) is 6.81. The molecule has 2 aromatic carbocycles. The first-order valence-corrected chi connectivity index (χ1v) is 9.49. The third kappa shape index (κ3) is 3.93. The van der Waals surface area contributed by atoms with Gasteiger partial charge in [0.1, 0.15) is 5.75 Å². The van der Waals surface area contributed by atoms with Gasteiger partial charge in [-0.2, -0.15) is 4.98 Å². The molecule has 0 saturated heterocycles. The number of amides is 1. The van der Waals surface area contributed by atoms with Gasteiger partial charge in [0.05, 0.1) is 11.6 Å². The molecule has 4 rings (SSSR count). The number of benzene rings is 2. The number of carbonyl (C=O) groups excluding carboxylic acids is 1. The van der Waals surface area contributed by atoms with Crippen molar-refractivity contribution >= 4 is 34.4 Å². The monoisotopic (exact) mass is 407 g/mol. The molecule has 0 aliphatic heterocycles. The Balaban J connectivity index is 1.61. The van der Waals surface area contributed by atoms with Crippen LogP contribution in [0.1, 0.15) is 22.8 Å². The number of nitrogens with one attached hydrogen (secondary N) is 1. The molecule has 0 fully saturated rings. The molecular formula is C22H18ClN3O3. The van der Waals surface area contributed by atoms with E-state index < -0.39 is 0 Å². The van der Waals surface area contributed by atoms with Crippen LogP contribution in [0.3, 0.4) is 0 Å². The van der Waals surface area contributed by atoms with Crippen molar-refractivity contribution in [1.82, 2.24) is 9.97 Å². The zero-order valence-corrected chi connectivity index (χ0v) is 16.7. The molecule has 2 aromatic heterocycles. The number of hydrogen-bond acceptors (Lipinski definition) is 5. The van der Waals surface area contributed by atoms with Crippen LogP contribution in [0.25, 0.3) is 22.7 Å². The topological polar surface area (TPSA) is 77.2 Å². The van der Waals surface area contributed by atoms with E-state index in [9.17, 15) is 4.79 Å². The van der Waals surface area contributed by atoms with E-state index in [1.54, 1.807) is 30.5 Å². The van der Waals surface area contributed by atoms with E-state index in [2.05, 4.69) is 15.3 Å². The number of pyridine rings is 1. The molecule has 0 radical (unpaired) electrons. The summed E-state index contributed by atoms with van der Waals surface area (Å²) in [6, 6.07) is 14.2. The maximum Gasteiger partial charge on any atom is 0.255 e. The zero-order valence-electron chi connectivity index (χ0n) is 15.9. The van der Waals surface area contributed by atoms with E-state index in [0.29, 0.717) is 45.8 Å². The molecule has 0 unspecified atom stereocenters. The number of nitrogens with zero attached hydrogens (tertiary/aromatic N) is 2. The maximum atomic E-state index is 12.7. The van der Waals surface area contributed by atoms with E-state index in [0.717, 1.165) is 11.1 Å². The molecule has 0 atom stereocenters. The lowest BCUT2D eigenvalue weighted by molar-refractivity contribution is 0.102. The molecule has 0 aliphatic rings. The van der Waals surface area contributed by atoms with Crippen LogP contribution >= 0.6 is 11.6 Å². The Morgan fingerprint density at radius 1 is 1.21 bits per heavy atom. The van der Waals surface area contributed by atoms with Crippen molar-refractivity contribution in [3.8, 4) is 17.2 Å². The lowest BCUT2D eigenvalue weighted by Crippen LogP contribution is -2.13. The van der Waals surface area contributed by atoms with Gasteiger partial charge in [0, 0.05) is 23.0 Å². The van der Waals surface area contributed by atoms with E-state index in [1.165, 1.54) is 0 Å². The molecule has 0 saturated carbocycles. The SMILES string of the molecule is CCOc1ccc(C(=O)Nc2cc(-c3nc4ncccc4o3)ccc2C)cc1Cl. The number of aromatic nitrogens is 2. The number of halogens is 1. The minimum atomic E-state index is -0.269. The Bertz CT molecular complexity index is 1170. The number of hydrogen-bond donors (Lipinski definition) is 1.